The number of carbonyl (C=O) groups is 1. The molecule has 1 atom stereocenters. The van der Waals surface area contributed by atoms with Crippen LogP contribution in [0.25, 0.3) is 0 Å². The molecule has 0 saturated carbocycles. The first-order chi connectivity index (χ1) is 13.1. The standard InChI is InChI=1S/C19H23N5O3/c1-14-10-20-11-16(23-14)26-7-3-15-4-8-27-19(9-15)12-24(13-19)18(25)17-21-5-2-6-22-17/h2,5-6,10-11,15H,3-4,7-9,12-13H2,1H3/t15-/m0/s1. The van der Waals surface area contributed by atoms with Gasteiger partial charge >= 0.3 is 0 Å². The lowest BCUT2D eigenvalue weighted by atomic mass is 9.79. The Hall–Kier alpha value is -2.61. The van der Waals surface area contributed by atoms with E-state index in [0.29, 0.717) is 31.5 Å². The van der Waals surface area contributed by atoms with Crippen LogP contribution in [0.2, 0.25) is 0 Å². The van der Waals surface area contributed by atoms with Crippen molar-refractivity contribution in [1.29, 1.82) is 0 Å². The number of likely N-dealkylation sites (tertiary alicyclic amines) is 1. The Labute approximate surface area is 158 Å². The third kappa shape index (κ3) is 4.05. The van der Waals surface area contributed by atoms with Crippen LogP contribution in [0.3, 0.4) is 0 Å². The second kappa shape index (κ2) is 7.56. The highest BCUT2D eigenvalue weighted by Gasteiger charge is 2.49. The van der Waals surface area contributed by atoms with E-state index in [2.05, 4.69) is 19.9 Å². The van der Waals surface area contributed by atoms with Crippen molar-refractivity contribution in [2.24, 2.45) is 5.92 Å². The Morgan fingerprint density at radius 3 is 2.93 bits per heavy atom. The fourth-order valence-electron chi connectivity index (χ4n) is 3.78. The molecule has 2 fully saturated rings. The van der Waals surface area contributed by atoms with Crippen molar-refractivity contribution in [2.75, 3.05) is 26.3 Å². The number of carbonyl (C=O) groups excluding carboxylic acids is 1. The number of hydrogen-bond donors (Lipinski definition) is 0. The van der Waals surface area contributed by atoms with Gasteiger partial charge in [-0.1, -0.05) is 0 Å². The van der Waals surface area contributed by atoms with Crippen LogP contribution < -0.4 is 4.74 Å². The van der Waals surface area contributed by atoms with E-state index in [1.165, 1.54) is 0 Å². The molecular formula is C19H23N5O3. The first-order valence-corrected chi connectivity index (χ1v) is 9.25. The van der Waals surface area contributed by atoms with Crippen molar-refractivity contribution < 1.29 is 14.3 Å². The highest BCUT2D eigenvalue weighted by Crippen LogP contribution is 2.38. The van der Waals surface area contributed by atoms with Gasteiger partial charge in [0.15, 0.2) is 0 Å². The molecule has 2 aliphatic heterocycles. The number of aromatic nitrogens is 4. The quantitative estimate of drug-likeness (QED) is 0.792. The summed E-state index contributed by atoms with van der Waals surface area (Å²) in [6.07, 6.45) is 9.41. The Balaban J connectivity index is 1.26. The molecule has 8 nitrogen and oxygen atoms in total. The van der Waals surface area contributed by atoms with Crippen LogP contribution in [-0.2, 0) is 4.74 Å². The average molecular weight is 369 g/mol. The van der Waals surface area contributed by atoms with Crippen molar-refractivity contribution in [2.45, 2.75) is 31.8 Å². The molecule has 142 valence electrons. The monoisotopic (exact) mass is 369 g/mol. The van der Waals surface area contributed by atoms with Gasteiger partial charge in [0.05, 0.1) is 31.6 Å². The summed E-state index contributed by atoms with van der Waals surface area (Å²) >= 11 is 0. The minimum absolute atomic E-state index is 0.131. The lowest BCUT2D eigenvalue weighted by Gasteiger charge is -2.53. The normalized spacial score (nSPS) is 20.9. The molecule has 0 bridgehead atoms. The summed E-state index contributed by atoms with van der Waals surface area (Å²) in [6.45, 7) is 4.43. The fourth-order valence-corrected chi connectivity index (χ4v) is 3.78. The van der Waals surface area contributed by atoms with Gasteiger partial charge < -0.3 is 14.4 Å². The second-order valence-electron chi connectivity index (χ2n) is 7.26. The molecule has 0 radical (unpaired) electrons. The molecule has 2 saturated heterocycles. The smallest absolute Gasteiger partial charge is 0.291 e. The van der Waals surface area contributed by atoms with Crippen LogP contribution in [0.4, 0.5) is 0 Å². The molecule has 27 heavy (non-hydrogen) atoms. The van der Waals surface area contributed by atoms with Gasteiger partial charge in [-0.2, -0.15) is 0 Å². The zero-order valence-corrected chi connectivity index (χ0v) is 15.4. The average Bonchev–Trinajstić information content (AvgIpc) is 2.66. The van der Waals surface area contributed by atoms with Crippen molar-refractivity contribution in [3.63, 3.8) is 0 Å². The van der Waals surface area contributed by atoms with Crippen molar-refractivity contribution in [3.8, 4) is 5.88 Å². The molecule has 0 unspecified atom stereocenters. The first-order valence-electron chi connectivity index (χ1n) is 9.25. The summed E-state index contributed by atoms with van der Waals surface area (Å²) in [5, 5.41) is 0. The number of amides is 1. The molecular weight excluding hydrogens is 346 g/mol. The number of rotatable bonds is 5. The predicted octanol–water partition coefficient (Wildman–Crippen LogP) is 1.67. The number of aryl methyl sites for hydroxylation is 1. The van der Waals surface area contributed by atoms with Crippen molar-refractivity contribution in [3.05, 3.63) is 42.4 Å². The zero-order valence-electron chi connectivity index (χ0n) is 15.4. The minimum atomic E-state index is -0.226. The van der Waals surface area contributed by atoms with Crippen LogP contribution >= 0.6 is 0 Å². The Kier molecular flexibility index (Phi) is 4.98. The molecule has 0 N–H and O–H groups in total. The summed E-state index contributed by atoms with van der Waals surface area (Å²) in [7, 11) is 0. The maximum Gasteiger partial charge on any atom is 0.291 e. The second-order valence-corrected chi connectivity index (χ2v) is 7.26. The molecule has 4 heterocycles. The summed E-state index contributed by atoms with van der Waals surface area (Å²) in [5.41, 5.74) is 0.621. The number of nitrogens with zero attached hydrogens (tertiary/aromatic N) is 5. The summed E-state index contributed by atoms with van der Waals surface area (Å²) in [6, 6.07) is 1.70. The SMILES string of the molecule is Cc1cncc(OCC[C@H]2CCOC3(C2)CN(C(=O)c2ncccn2)C3)n1. The first kappa shape index (κ1) is 17.8. The fraction of sp³-hybridized carbons (Fsp3) is 0.526. The van der Waals surface area contributed by atoms with E-state index in [9.17, 15) is 4.79 Å². The minimum Gasteiger partial charge on any atom is -0.477 e. The molecule has 1 spiro atoms. The third-order valence-electron chi connectivity index (χ3n) is 5.11. The van der Waals surface area contributed by atoms with E-state index < -0.39 is 0 Å². The molecule has 0 aliphatic carbocycles. The van der Waals surface area contributed by atoms with E-state index in [4.69, 9.17) is 9.47 Å². The van der Waals surface area contributed by atoms with Crippen LogP contribution in [0.15, 0.2) is 30.9 Å². The van der Waals surface area contributed by atoms with E-state index in [0.717, 1.165) is 31.6 Å². The lowest BCUT2D eigenvalue weighted by Crippen LogP contribution is -2.66. The molecule has 2 aromatic rings. The maximum atomic E-state index is 12.4. The highest BCUT2D eigenvalue weighted by molar-refractivity contribution is 5.91. The number of hydrogen-bond acceptors (Lipinski definition) is 7. The summed E-state index contributed by atoms with van der Waals surface area (Å²) < 4.78 is 11.8. The Morgan fingerprint density at radius 1 is 1.33 bits per heavy atom. The van der Waals surface area contributed by atoms with E-state index in [1.807, 2.05) is 6.92 Å². The van der Waals surface area contributed by atoms with Gasteiger partial charge in [0.25, 0.3) is 5.91 Å². The van der Waals surface area contributed by atoms with E-state index in [1.54, 1.807) is 35.8 Å². The molecule has 0 aromatic carbocycles. The van der Waals surface area contributed by atoms with Gasteiger partial charge in [-0.05, 0) is 38.2 Å². The van der Waals surface area contributed by atoms with E-state index in [-0.39, 0.29) is 17.3 Å². The van der Waals surface area contributed by atoms with Gasteiger partial charge in [0, 0.05) is 25.2 Å². The lowest BCUT2D eigenvalue weighted by molar-refractivity contribution is -0.167. The molecule has 4 rings (SSSR count). The highest BCUT2D eigenvalue weighted by atomic mass is 16.5. The molecule has 2 aromatic heterocycles. The van der Waals surface area contributed by atoms with Crippen molar-refractivity contribution >= 4 is 5.91 Å². The van der Waals surface area contributed by atoms with Crippen LogP contribution in [-0.4, -0.2) is 62.6 Å². The third-order valence-corrected chi connectivity index (χ3v) is 5.11. The van der Waals surface area contributed by atoms with Gasteiger partial charge in [-0.15, -0.1) is 0 Å². The Morgan fingerprint density at radius 2 is 2.15 bits per heavy atom. The van der Waals surface area contributed by atoms with Crippen LogP contribution in [0.5, 0.6) is 5.88 Å². The van der Waals surface area contributed by atoms with E-state index >= 15 is 0 Å². The molecule has 8 heteroatoms. The van der Waals surface area contributed by atoms with Gasteiger partial charge in [0.1, 0.15) is 5.60 Å². The Bertz CT molecular complexity index is 795. The number of ether oxygens (including phenoxy) is 2. The van der Waals surface area contributed by atoms with Crippen molar-refractivity contribution in [1.82, 2.24) is 24.8 Å². The van der Waals surface area contributed by atoms with Crippen LogP contribution in [0.1, 0.15) is 35.6 Å². The molecule has 1 amide bonds. The van der Waals surface area contributed by atoms with Crippen LogP contribution in [0, 0.1) is 12.8 Å². The van der Waals surface area contributed by atoms with Gasteiger partial charge in [-0.25, -0.2) is 15.0 Å². The predicted molar refractivity (Wildman–Crippen MR) is 96.2 cm³/mol. The molecule has 2 aliphatic rings. The maximum absolute atomic E-state index is 12.4. The van der Waals surface area contributed by atoms with Gasteiger partial charge in [0.2, 0.25) is 11.7 Å². The zero-order chi connectivity index (χ0) is 18.7. The largest absolute Gasteiger partial charge is 0.477 e. The summed E-state index contributed by atoms with van der Waals surface area (Å²) in [4.78, 5) is 30.6. The van der Waals surface area contributed by atoms with Gasteiger partial charge in [-0.3, -0.25) is 9.78 Å². The topological polar surface area (TPSA) is 90.3 Å². The summed E-state index contributed by atoms with van der Waals surface area (Å²) in [5.74, 6) is 1.20.